The second kappa shape index (κ2) is 7.57. The van der Waals surface area contributed by atoms with Crippen LogP contribution in [0.25, 0.3) is 0 Å². The van der Waals surface area contributed by atoms with Gasteiger partial charge in [0.25, 0.3) is 0 Å². The van der Waals surface area contributed by atoms with Crippen LogP contribution in [-0.2, 0) is 14.8 Å². The number of sulfonamides is 1. The first kappa shape index (κ1) is 16.9. The summed E-state index contributed by atoms with van der Waals surface area (Å²) in [7, 11) is -3.20. The van der Waals surface area contributed by atoms with E-state index in [0.29, 0.717) is 25.6 Å². The summed E-state index contributed by atoms with van der Waals surface area (Å²) in [5, 5.41) is 3.37. The summed E-state index contributed by atoms with van der Waals surface area (Å²) in [6.45, 7) is 7.60. The highest BCUT2D eigenvalue weighted by Gasteiger charge is 2.22. The van der Waals surface area contributed by atoms with Crippen LogP contribution in [0.1, 0.15) is 46.5 Å². The molecule has 0 aliphatic carbocycles. The Morgan fingerprint density at radius 3 is 2.68 bits per heavy atom. The molecule has 1 atom stereocenters. The lowest BCUT2D eigenvalue weighted by atomic mass is 10.0. The van der Waals surface area contributed by atoms with Crippen LogP contribution in [0.15, 0.2) is 0 Å². The molecule has 1 aliphatic heterocycles. The zero-order valence-corrected chi connectivity index (χ0v) is 13.2. The number of hydrogen-bond acceptors (Lipinski definition) is 4. The van der Waals surface area contributed by atoms with Crippen LogP contribution in [0.4, 0.5) is 0 Å². The molecule has 6 heteroatoms. The Hall–Kier alpha value is -0.170. The molecule has 0 spiro atoms. The summed E-state index contributed by atoms with van der Waals surface area (Å²) in [4.78, 5) is 0. The summed E-state index contributed by atoms with van der Waals surface area (Å²) in [6.07, 6.45) is 4.16. The van der Waals surface area contributed by atoms with Crippen molar-refractivity contribution in [3.63, 3.8) is 0 Å². The standard InChI is InChI=1S/C13H28N2O3S/c1-4-18-13(2,3)11-15-19(16,17)10-8-12-7-5-6-9-14-12/h12,14-15H,4-11H2,1-3H3. The lowest BCUT2D eigenvalue weighted by Crippen LogP contribution is -2.42. The molecule has 0 aromatic heterocycles. The normalized spacial score (nSPS) is 21.5. The van der Waals surface area contributed by atoms with E-state index in [2.05, 4.69) is 10.0 Å². The molecule has 0 amide bonds. The Morgan fingerprint density at radius 1 is 1.37 bits per heavy atom. The molecule has 1 fully saturated rings. The van der Waals surface area contributed by atoms with E-state index in [4.69, 9.17) is 4.74 Å². The maximum absolute atomic E-state index is 11.9. The van der Waals surface area contributed by atoms with Crippen molar-refractivity contribution in [1.29, 1.82) is 0 Å². The van der Waals surface area contributed by atoms with Gasteiger partial charge in [0, 0.05) is 19.2 Å². The van der Waals surface area contributed by atoms with E-state index in [9.17, 15) is 8.42 Å². The molecular weight excluding hydrogens is 264 g/mol. The Morgan fingerprint density at radius 2 is 2.11 bits per heavy atom. The highest BCUT2D eigenvalue weighted by Crippen LogP contribution is 2.11. The second-order valence-electron chi connectivity index (χ2n) is 5.77. The van der Waals surface area contributed by atoms with Crippen molar-refractivity contribution in [2.24, 2.45) is 0 Å². The fourth-order valence-corrected chi connectivity index (χ4v) is 3.57. The van der Waals surface area contributed by atoms with E-state index in [1.165, 1.54) is 12.8 Å². The lowest BCUT2D eigenvalue weighted by Gasteiger charge is -2.26. The topological polar surface area (TPSA) is 67.4 Å². The van der Waals surface area contributed by atoms with E-state index >= 15 is 0 Å². The minimum atomic E-state index is -3.20. The number of piperidine rings is 1. The van der Waals surface area contributed by atoms with Crippen LogP contribution in [0, 0.1) is 0 Å². The third-order valence-corrected chi connectivity index (χ3v) is 4.76. The van der Waals surface area contributed by atoms with Gasteiger partial charge in [0.2, 0.25) is 10.0 Å². The second-order valence-corrected chi connectivity index (χ2v) is 7.69. The van der Waals surface area contributed by atoms with Crippen molar-refractivity contribution in [2.45, 2.75) is 58.1 Å². The van der Waals surface area contributed by atoms with Gasteiger partial charge in [-0.2, -0.15) is 0 Å². The maximum atomic E-state index is 11.9. The Bertz CT molecular complexity index is 349. The average molecular weight is 292 g/mol. The summed E-state index contributed by atoms with van der Waals surface area (Å²) >= 11 is 0. The van der Waals surface area contributed by atoms with Crippen LogP contribution in [0.2, 0.25) is 0 Å². The summed E-state index contributed by atoms with van der Waals surface area (Å²) < 4.78 is 32.0. The zero-order chi connectivity index (χ0) is 14.4. The third-order valence-electron chi connectivity index (χ3n) is 3.40. The maximum Gasteiger partial charge on any atom is 0.211 e. The molecule has 0 bridgehead atoms. The molecule has 19 heavy (non-hydrogen) atoms. The molecule has 1 unspecified atom stereocenters. The van der Waals surface area contributed by atoms with E-state index in [-0.39, 0.29) is 5.75 Å². The van der Waals surface area contributed by atoms with Gasteiger partial charge < -0.3 is 10.1 Å². The molecule has 1 saturated heterocycles. The summed E-state index contributed by atoms with van der Waals surface area (Å²) in [5.41, 5.74) is -0.453. The molecule has 0 aromatic rings. The molecule has 2 N–H and O–H groups in total. The number of hydrogen-bond donors (Lipinski definition) is 2. The molecule has 114 valence electrons. The van der Waals surface area contributed by atoms with Crippen LogP contribution < -0.4 is 10.0 Å². The van der Waals surface area contributed by atoms with E-state index in [1.54, 1.807) is 0 Å². The number of nitrogens with one attached hydrogen (secondary N) is 2. The minimum absolute atomic E-state index is 0.187. The third kappa shape index (κ3) is 7.25. The smallest absolute Gasteiger partial charge is 0.211 e. The summed E-state index contributed by atoms with van der Waals surface area (Å²) in [6, 6.07) is 0.352. The summed E-state index contributed by atoms with van der Waals surface area (Å²) in [5.74, 6) is 0.187. The van der Waals surface area contributed by atoms with Gasteiger partial charge >= 0.3 is 0 Å². The van der Waals surface area contributed by atoms with E-state index in [1.807, 2.05) is 20.8 Å². The van der Waals surface area contributed by atoms with Gasteiger partial charge in [-0.1, -0.05) is 6.42 Å². The Kier molecular flexibility index (Phi) is 6.73. The molecule has 0 aromatic carbocycles. The van der Waals surface area contributed by atoms with Crippen molar-refractivity contribution in [3.05, 3.63) is 0 Å². The van der Waals surface area contributed by atoms with Crippen molar-refractivity contribution in [3.8, 4) is 0 Å². The highest BCUT2D eigenvalue weighted by atomic mass is 32.2. The molecule has 0 radical (unpaired) electrons. The Balaban J connectivity index is 2.31. The average Bonchev–Trinajstić information content (AvgIpc) is 2.36. The first-order valence-corrected chi connectivity index (χ1v) is 8.84. The fourth-order valence-electron chi connectivity index (χ4n) is 2.27. The molecule has 1 rings (SSSR count). The van der Waals surface area contributed by atoms with Crippen molar-refractivity contribution in [2.75, 3.05) is 25.4 Å². The number of rotatable bonds is 8. The zero-order valence-electron chi connectivity index (χ0n) is 12.4. The van der Waals surface area contributed by atoms with Gasteiger partial charge in [0.05, 0.1) is 11.4 Å². The van der Waals surface area contributed by atoms with Crippen LogP contribution >= 0.6 is 0 Å². The largest absolute Gasteiger partial charge is 0.375 e. The molecule has 5 nitrogen and oxygen atoms in total. The van der Waals surface area contributed by atoms with Crippen LogP contribution in [0.3, 0.4) is 0 Å². The van der Waals surface area contributed by atoms with Crippen molar-refractivity contribution in [1.82, 2.24) is 10.0 Å². The minimum Gasteiger partial charge on any atom is -0.375 e. The first-order chi connectivity index (χ1) is 8.85. The fraction of sp³-hybridized carbons (Fsp3) is 1.00. The quantitative estimate of drug-likeness (QED) is 0.706. The lowest BCUT2D eigenvalue weighted by molar-refractivity contribution is -0.00515. The number of ether oxygens (including phenoxy) is 1. The molecular formula is C13H28N2O3S. The predicted octanol–water partition coefficient (Wildman–Crippen LogP) is 1.25. The van der Waals surface area contributed by atoms with Crippen molar-refractivity contribution < 1.29 is 13.2 Å². The van der Waals surface area contributed by atoms with Gasteiger partial charge in [0.15, 0.2) is 0 Å². The van der Waals surface area contributed by atoms with Crippen LogP contribution in [0.5, 0.6) is 0 Å². The molecule has 0 saturated carbocycles. The first-order valence-electron chi connectivity index (χ1n) is 7.19. The van der Waals surface area contributed by atoms with Gasteiger partial charge in [-0.25, -0.2) is 13.1 Å². The van der Waals surface area contributed by atoms with Gasteiger partial charge in [0.1, 0.15) is 0 Å². The molecule has 1 aliphatic rings. The molecule has 1 heterocycles. The van der Waals surface area contributed by atoms with Gasteiger partial charge in [-0.3, -0.25) is 0 Å². The van der Waals surface area contributed by atoms with Gasteiger partial charge in [-0.05, 0) is 46.6 Å². The predicted molar refractivity (Wildman–Crippen MR) is 77.8 cm³/mol. The van der Waals surface area contributed by atoms with Crippen LogP contribution in [-0.4, -0.2) is 45.5 Å². The highest BCUT2D eigenvalue weighted by molar-refractivity contribution is 7.89. The van der Waals surface area contributed by atoms with E-state index in [0.717, 1.165) is 13.0 Å². The van der Waals surface area contributed by atoms with Crippen molar-refractivity contribution >= 4 is 10.0 Å². The van der Waals surface area contributed by atoms with E-state index < -0.39 is 15.6 Å². The SMILES string of the molecule is CCOC(C)(C)CNS(=O)(=O)CCC1CCCCN1. The van der Waals surface area contributed by atoms with Gasteiger partial charge in [-0.15, -0.1) is 0 Å². The Labute approximate surface area is 117 Å². The monoisotopic (exact) mass is 292 g/mol.